The van der Waals surface area contributed by atoms with E-state index in [1.54, 1.807) is 30.5 Å². The zero-order chi connectivity index (χ0) is 20.2. The topological polar surface area (TPSA) is 73.8 Å². The second kappa shape index (κ2) is 8.53. The van der Waals surface area contributed by atoms with Gasteiger partial charge in [0.05, 0.1) is 11.1 Å². The van der Waals surface area contributed by atoms with E-state index in [0.717, 1.165) is 19.6 Å². The zero-order valence-corrected chi connectivity index (χ0v) is 16.3. The standard InChI is InChI=1S/C22H24N4O3/c27-20(25-13-11-24(12-14-25)16-17-5-3-9-23-15-17)8-4-10-26-21(28)18-6-1-2-7-19(18)22(26)29/h1-3,5-7,9,15H,4,8,10-14,16H2. The van der Waals surface area contributed by atoms with Crippen LogP contribution in [0.1, 0.15) is 39.1 Å². The summed E-state index contributed by atoms with van der Waals surface area (Å²) in [5.41, 5.74) is 2.08. The first-order valence-corrected chi connectivity index (χ1v) is 9.98. The fourth-order valence-electron chi connectivity index (χ4n) is 3.89. The molecule has 0 saturated carbocycles. The van der Waals surface area contributed by atoms with E-state index in [4.69, 9.17) is 0 Å². The molecule has 4 rings (SSSR count). The average Bonchev–Trinajstić information content (AvgIpc) is 3.00. The molecule has 29 heavy (non-hydrogen) atoms. The third-order valence-corrected chi connectivity index (χ3v) is 5.50. The van der Waals surface area contributed by atoms with Crippen molar-refractivity contribution in [2.75, 3.05) is 32.7 Å². The lowest BCUT2D eigenvalue weighted by molar-refractivity contribution is -0.133. The van der Waals surface area contributed by atoms with Crippen LogP contribution in [-0.2, 0) is 11.3 Å². The van der Waals surface area contributed by atoms with Crippen LogP contribution in [-0.4, -0.2) is 70.1 Å². The van der Waals surface area contributed by atoms with Gasteiger partial charge in [-0.2, -0.15) is 0 Å². The van der Waals surface area contributed by atoms with Crippen LogP contribution in [0.25, 0.3) is 0 Å². The van der Waals surface area contributed by atoms with Gasteiger partial charge < -0.3 is 4.90 Å². The highest BCUT2D eigenvalue weighted by Crippen LogP contribution is 2.22. The smallest absolute Gasteiger partial charge is 0.261 e. The van der Waals surface area contributed by atoms with Crippen molar-refractivity contribution in [2.24, 2.45) is 0 Å². The van der Waals surface area contributed by atoms with Crippen molar-refractivity contribution < 1.29 is 14.4 Å². The number of carbonyl (C=O) groups is 3. The maximum absolute atomic E-state index is 12.5. The van der Waals surface area contributed by atoms with E-state index < -0.39 is 0 Å². The second-order valence-corrected chi connectivity index (χ2v) is 7.43. The molecule has 3 heterocycles. The minimum Gasteiger partial charge on any atom is -0.340 e. The Morgan fingerprint density at radius 1 is 0.931 bits per heavy atom. The molecule has 7 nitrogen and oxygen atoms in total. The number of imide groups is 1. The number of fused-ring (bicyclic) bond motifs is 1. The Morgan fingerprint density at radius 3 is 2.24 bits per heavy atom. The minimum atomic E-state index is -0.262. The van der Waals surface area contributed by atoms with E-state index in [9.17, 15) is 14.4 Å². The van der Waals surface area contributed by atoms with Crippen molar-refractivity contribution in [1.82, 2.24) is 19.7 Å². The van der Waals surface area contributed by atoms with Gasteiger partial charge in [-0.3, -0.25) is 29.2 Å². The van der Waals surface area contributed by atoms with Gasteiger partial charge in [0.25, 0.3) is 11.8 Å². The van der Waals surface area contributed by atoms with Gasteiger partial charge in [0, 0.05) is 58.1 Å². The summed E-state index contributed by atoms with van der Waals surface area (Å²) in [5, 5.41) is 0. The van der Waals surface area contributed by atoms with Crippen molar-refractivity contribution in [3.63, 3.8) is 0 Å². The number of pyridine rings is 1. The predicted molar refractivity (Wildman–Crippen MR) is 107 cm³/mol. The van der Waals surface area contributed by atoms with E-state index in [1.165, 1.54) is 10.5 Å². The Balaban J connectivity index is 1.21. The van der Waals surface area contributed by atoms with Gasteiger partial charge in [-0.1, -0.05) is 18.2 Å². The first kappa shape index (κ1) is 19.3. The predicted octanol–water partition coefficient (Wildman–Crippen LogP) is 1.80. The third kappa shape index (κ3) is 4.19. The molecule has 0 spiro atoms. The number of rotatable bonds is 6. The van der Waals surface area contributed by atoms with Gasteiger partial charge in [-0.05, 0) is 30.2 Å². The third-order valence-electron chi connectivity index (χ3n) is 5.50. The average molecular weight is 392 g/mol. The summed E-state index contributed by atoms with van der Waals surface area (Å²) >= 11 is 0. The maximum Gasteiger partial charge on any atom is 0.261 e. The summed E-state index contributed by atoms with van der Waals surface area (Å²) in [6.45, 7) is 4.19. The Hall–Kier alpha value is -3.06. The van der Waals surface area contributed by atoms with Crippen molar-refractivity contribution in [2.45, 2.75) is 19.4 Å². The summed E-state index contributed by atoms with van der Waals surface area (Å²) < 4.78 is 0. The molecule has 0 N–H and O–H groups in total. The van der Waals surface area contributed by atoms with Crippen LogP contribution in [0.15, 0.2) is 48.8 Å². The molecule has 7 heteroatoms. The molecule has 1 aromatic carbocycles. The lowest BCUT2D eigenvalue weighted by Gasteiger charge is -2.34. The van der Waals surface area contributed by atoms with Gasteiger partial charge in [0.1, 0.15) is 0 Å². The molecule has 0 unspecified atom stereocenters. The van der Waals surface area contributed by atoms with Gasteiger partial charge in [0.2, 0.25) is 5.91 Å². The lowest BCUT2D eigenvalue weighted by Crippen LogP contribution is -2.48. The lowest BCUT2D eigenvalue weighted by atomic mass is 10.1. The summed E-state index contributed by atoms with van der Waals surface area (Å²) in [4.78, 5) is 46.9. The van der Waals surface area contributed by atoms with Gasteiger partial charge >= 0.3 is 0 Å². The number of nitrogens with zero attached hydrogens (tertiary/aromatic N) is 4. The summed E-state index contributed by atoms with van der Waals surface area (Å²) in [7, 11) is 0. The normalized spacial score (nSPS) is 17.0. The Kier molecular flexibility index (Phi) is 5.67. The van der Waals surface area contributed by atoms with Crippen LogP contribution in [0.2, 0.25) is 0 Å². The van der Waals surface area contributed by atoms with Crippen molar-refractivity contribution in [1.29, 1.82) is 0 Å². The molecular weight excluding hydrogens is 368 g/mol. The molecule has 1 aromatic heterocycles. The first-order valence-electron chi connectivity index (χ1n) is 9.98. The van der Waals surface area contributed by atoms with E-state index >= 15 is 0 Å². The van der Waals surface area contributed by atoms with E-state index in [-0.39, 0.29) is 24.3 Å². The fraction of sp³-hybridized carbons (Fsp3) is 0.364. The van der Waals surface area contributed by atoms with E-state index in [2.05, 4.69) is 16.0 Å². The molecule has 150 valence electrons. The van der Waals surface area contributed by atoms with Crippen LogP contribution in [0.3, 0.4) is 0 Å². The molecule has 0 radical (unpaired) electrons. The SMILES string of the molecule is O=C(CCCN1C(=O)c2ccccc2C1=O)N1CCN(Cc2cccnc2)CC1. The van der Waals surface area contributed by atoms with Crippen molar-refractivity contribution >= 4 is 17.7 Å². The molecule has 0 bridgehead atoms. The first-order chi connectivity index (χ1) is 14.1. The largest absolute Gasteiger partial charge is 0.340 e. The molecule has 2 aliphatic heterocycles. The molecule has 2 aromatic rings. The molecule has 0 aliphatic carbocycles. The number of piperazine rings is 1. The molecule has 1 saturated heterocycles. The van der Waals surface area contributed by atoms with Gasteiger partial charge in [-0.15, -0.1) is 0 Å². The van der Waals surface area contributed by atoms with E-state index in [1.807, 2.05) is 17.2 Å². The number of carbonyl (C=O) groups excluding carboxylic acids is 3. The quantitative estimate of drug-likeness (QED) is 0.701. The number of amides is 3. The minimum absolute atomic E-state index is 0.0858. The second-order valence-electron chi connectivity index (χ2n) is 7.43. The summed E-state index contributed by atoms with van der Waals surface area (Å²) in [5.74, 6) is -0.438. The van der Waals surface area contributed by atoms with Crippen molar-refractivity contribution in [3.8, 4) is 0 Å². The molecular formula is C22H24N4O3. The van der Waals surface area contributed by atoms with E-state index in [0.29, 0.717) is 37.1 Å². The van der Waals surface area contributed by atoms with Crippen LogP contribution < -0.4 is 0 Å². The number of hydrogen-bond acceptors (Lipinski definition) is 5. The monoisotopic (exact) mass is 392 g/mol. The summed E-state index contributed by atoms with van der Waals surface area (Å²) in [6.07, 6.45) is 4.47. The number of hydrogen-bond donors (Lipinski definition) is 0. The van der Waals surface area contributed by atoms with Crippen LogP contribution in [0, 0.1) is 0 Å². The number of aromatic nitrogens is 1. The fourth-order valence-corrected chi connectivity index (χ4v) is 3.89. The maximum atomic E-state index is 12.5. The number of benzene rings is 1. The Morgan fingerprint density at radius 2 is 1.62 bits per heavy atom. The molecule has 3 amide bonds. The molecule has 2 aliphatic rings. The highest BCUT2D eigenvalue weighted by atomic mass is 16.2. The van der Waals surface area contributed by atoms with Crippen LogP contribution >= 0.6 is 0 Å². The Labute approximate surface area is 169 Å². The van der Waals surface area contributed by atoms with Crippen LogP contribution in [0.4, 0.5) is 0 Å². The summed E-state index contributed by atoms with van der Waals surface area (Å²) in [6, 6.07) is 10.8. The molecule has 1 fully saturated rings. The van der Waals surface area contributed by atoms with Gasteiger partial charge in [-0.25, -0.2) is 0 Å². The highest BCUT2D eigenvalue weighted by molar-refractivity contribution is 6.21. The molecule has 0 atom stereocenters. The van der Waals surface area contributed by atoms with Crippen molar-refractivity contribution in [3.05, 3.63) is 65.5 Å². The van der Waals surface area contributed by atoms with Gasteiger partial charge in [0.15, 0.2) is 0 Å². The Bertz CT molecular complexity index is 872. The zero-order valence-electron chi connectivity index (χ0n) is 16.3. The van der Waals surface area contributed by atoms with Crippen LogP contribution in [0.5, 0.6) is 0 Å². The highest BCUT2D eigenvalue weighted by Gasteiger charge is 2.34.